The summed E-state index contributed by atoms with van der Waals surface area (Å²) in [6, 6.07) is 3.79. The summed E-state index contributed by atoms with van der Waals surface area (Å²) in [6.07, 6.45) is 0. The Kier molecular flexibility index (Phi) is 6.70. The first-order chi connectivity index (χ1) is 9.12. The molecule has 1 aromatic carbocycles. The summed E-state index contributed by atoms with van der Waals surface area (Å²) in [7, 11) is -1.95. The molecular formula is C15H23Cl2IOSi. The summed E-state index contributed by atoms with van der Waals surface area (Å²) in [5, 5.41) is 1.32. The molecule has 114 valence electrons. The lowest BCUT2D eigenvalue weighted by Gasteiger charge is -2.42. The third-order valence-electron chi connectivity index (χ3n) is 3.96. The summed E-state index contributed by atoms with van der Waals surface area (Å²) in [6.45, 7) is 13.6. The second-order valence-corrected chi connectivity index (χ2v) is 13.4. The Labute approximate surface area is 147 Å². The quantitative estimate of drug-likeness (QED) is 0.266. The van der Waals surface area contributed by atoms with Gasteiger partial charge in [0.05, 0.1) is 13.6 Å². The van der Waals surface area contributed by atoms with Gasteiger partial charge in [0.25, 0.3) is 8.32 Å². The van der Waals surface area contributed by atoms with Crippen molar-refractivity contribution in [1.82, 2.24) is 0 Å². The van der Waals surface area contributed by atoms with Gasteiger partial charge in [-0.2, -0.15) is 0 Å². The molecule has 0 unspecified atom stereocenters. The van der Waals surface area contributed by atoms with E-state index in [4.69, 9.17) is 27.6 Å². The van der Waals surface area contributed by atoms with Crippen molar-refractivity contribution in [3.63, 3.8) is 0 Å². The first-order valence-corrected chi connectivity index (χ1v) is 10.9. The molecular weight excluding hydrogens is 422 g/mol. The minimum absolute atomic E-state index is 0.527. The number of halogens is 3. The van der Waals surface area contributed by atoms with E-state index < -0.39 is 8.32 Å². The zero-order valence-electron chi connectivity index (χ0n) is 12.9. The topological polar surface area (TPSA) is 9.23 Å². The van der Waals surface area contributed by atoms with Gasteiger partial charge in [0.15, 0.2) is 0 Å². The zero-order chi connectivity index (χ0) is 15.7. The van der Waals surface area contributed by atoms with Gasteiger partial charge in [-0.3, -0.25) is 0 Å². The summed E-state index contributed by atoms with van der Waals surface area (Å²) in [4.78, 5) is 0. The van der Waals surface area contributed by atoms with Gasteiger partial charge < -0.3 is 4.43 Å². The van der Waals surface area contributed by atoms with Crippen LogP contribution in [-0.4, -0.2) is 8.32 Å². The molecule has 0 heterocycles. The van der Waals surface area contributed by atoms with Crippen LogP contribution in [0.25, 0.3) is 0 Å². The van der Waals surface area contributed by atoms with Crippen LogP contribution in [0, 0.1) is 3.57 Å². The first-order valence-electron chi connectivity index (χ1n) is 6.96. The highest BCUT2D eigenvalue weighted by atomic mass is 127. The van der Waals surface area contributed by atoms with E-state index >= 15 is 0 Å². The van der Waals surface area contributed by atoms with E-state index in [0.29, 0.717) is 26.7 Å². The average Bonchev–Trinajstić information content (AvgIpc) is 2.31. The van der Waals surface area contributed by atoms with E-state index in [0.717, 1.165) is 9.32 Å². The van der Waals surface area contributed by atoms with Crippen LogP contribution in [0.5, 0.6) is 5.75 Å². The minimum Gasteiger partial charge on any atom is -0.543 e. The van der Waals surface area contributed by atoms with Gasteiger partial charge in [0.2, 0.25) is 0 Å². The van der Waals surface area contributed by atoms with Crippen molar-refractivity contribution in [2.24, 2.45) is 0 Å². The maximum atomic E-state index is 6.57. The van der Waals surface area contributed by atoms with Gasteiger partial charge in [0, 0.05) is 0 Å². The molecule has 0 spiro atoms. The third kappa shape index (κ3) is 3.65. The molecule has 5 heteroatoms. The Balaban J connectivity index is 3.27. The van der Waals surface area contributed by atoms with Gasteiger partial charge in [-0.05, 0) is 51.3 Å². The fraction of sp³-hybridized carbons (Fsp3) is 0.600. The lowest BCUT2D eigenvalue weighted by Crippen LogP contribution is -2.50. The van der Waals surface area contributed by atoms with Gasteiger partial charge in [-0.25, -0.2) is 0 Å². The lowest BCUT2D eigenvalue weighted by atomic mass is 10.3. The monoisotopic (exact) mass is 444 g/mol. The fourth-order valence-corrected chi connectivity index (χ4v) is 9.16. The van der Waals surface area contributed by atoms with Crippen molar-refractivity contribution < 1.29 is 4.43 Å². The van der Waals surface area contributed by atoms with Crippen molar-refractivity contribution in [2.45, 2.75) is 58.2 Å². The average molecular weight is 445 g/mol. The molecule has 0 amide bonds. The van der Waals surface area contributed by atoms with Crippen LogP contribution in [0.3, 0.4) is 0 Å². The molecule has 0 aromatic heterocycles. The van der Waals surface area contributed by atoms with E-state index in [1.165, 1.54) is 0 Å². The summed E-state index contributed by atoms with van der Waals surface area (Å²) < 4.78 is 7.45. The Morgan fingerprint density at radius 2 is 1.25 bits per heavy atom. The molecule has 1 rings (SSSR count). The molecule has 0 fully saturated rings. The van der Waals surface area contributed by atoms with Crippen LogP contribution in [0.4, 0.5) is 0 Å². The maximum absolute atomic E-state index is 6.57. The Morgan fingerprint density at radius 3 is 1.55 bits per heavy atom. The van der Waals surface area contributed by atoms with Gasteiger partial charge in [-0.1, -0.05) is 64.7 Å². The van der Waals surface area contributed by atoms with Crippen molar-refractivity contribution in [2.75, 3.05) is 0 Å². The van der Waals surface area contributed by atoms with Crippen LogP contribution < -0.4 is 4.43 Å². The number of benzene rings is 1. The number of hydrogen-bond donors (Lipinski definition) is 0. The lowest BCUT2D eigenvalue weighted by molar-refractivity contribution is 0.480. The molecule has 0 N–H and O–H groups in total. The van der Waals surface area contributed by atoms with E-state index in [-0.39, 0.29) is 0 Å². The SMILES string of the molecule is CC(C)[Si](Oc1cc(Cl)c(I)c(Cl)c1)(C(C)C)C(C)C. The van der Waals surface area contributed by atoms with Gasteiger partial charge >= 0.3 is 0 Å². The molecule has 1 aromatic rings. The fourth-order valence-electron chi connectivity index (χ4n) is 3.15. The van der Waals surface area contributed by atoms with E-state index in [9.17, 15) is 0 Å². The van der Waals surface area contributed by atoms with Crippen LogP contribution in [0.2, 0.25) is 26.7 Å². The van der Waals surface area contributed by atoms with E-state index in [1.54, 1.807) is 0 Å². The predicted molar refractivity (Wildman–Crippen MR) is 101 cm³/mol. The number of rotatable bonds is 5. The van der Waals surface area contributed by atoms with Crippen LogP contribution >= 0.6 is 45.8 Å². The van der Waals surface area contributed by atoms with Crippen LogP contribution in [0.15, 0.2) is 12.1 Å². The highest BCUT2D eigenvalue weighted by molar-refractivity contribution is 14.1. The van der Waals surface area contributed by atoms with Crippen molar-refractivity contribution >= 4 is 54.1 Å². The molecule has 0 bridgehead atoms. The first kappa shape index (κ1) is 18.6. The van der Waals surface area contributed by atoms with Gasteiger partial charge in [-0.15, -0.1) is 0 Å². The number of hydrogen-bond acceptors (Lipinski definition) is 1. The molecule has 0 aliphatic heterocycles. The standard InChI is InChI=1S/C15H23Cl2IOSi/c1-9(2)20(10(3)4,11(5)6)19-12-7-13(16)15(18)14(17)8-12/h7-11H,1-6H3. The highest BCUT2D eigenvalue weighted by Gasteiger charge is 2.47. The van der Waals surface area contributed by atoms with Crippen molar-refractivity contribution in [3.05, 3.63) is 25.7 Å². The zero-order valence-corrected chi connectivity index (χ0v) is 17.6. The van der Waals surface area contributed by atoms with Crippen LogP contribution in [0.1, 0.15) is 41.5 Å². The summed E-state index contributed by atoms with van der Waals surface area (Å²) in [5.41, 5.74) is 1.58. The molecule has 0 saturated carbocycles. The van der Waals surface area contributed by atoms with E-state index in [1.807, 2.05) is 12.1 Å². The second-order valence-electron chi connectivity index (χ2n) is 6.12. The molecule has 1 nitrogen and oxygen atoms in total. The summed E-state index contributed by atoms with van der Waals surface area (Å²) >= 11 is 14.6. The maximum Gasteiger partial charge on any atom is 0.258 e. The molecule has 0 atom stereocenters. The third-order valence-corrected chi connectivity index (χ3v) is 12.4. The van der Waals surface area contributed by atoms with E-state index in [2.05, 4.69) is 64.1 Å². The van der Waals surface area contributed by atoms with Crippen molar-refractivity contribution in [3.8, 4) is 5.75 Å². The molecule has 20 heavy (non-hydrogen) atoms. The molecule has 0 aliphatic rings. The van der Waals surface area contributed by atoms with Crippen molar-refractivity contribution in [1.29, 1.82) is 0 Å². The second kappa shape index (κ2) is 7.21. The minimum atomic E-state index is -1.95. The Morgan fingerprint density at radius 1 is 0.900 bits per heavy atom. The Hall–Kier alpha value is 0.547. The smallest absolute Gasteiger partial charge is 0.258 e. The molecule has 0 saturated heterocycles. The largest absolute Gasteiger partial charge is 0.543 e. The molecule has 0 aliphatic carbocycles. The van der Waals surface area contributed by atoms with Gasteiger partial charge in [0.1, 0.15) is 5.75 Å². The van der Waals surface area contributed by atoms with Crippen LogP contribution in [-0.2, 0) is 0 Å². The summed E-state index contributed by atoms with van der Waals surface area (Å²) in [5.74, 6) is 0.809. The highest BCUT2D eigenvalue weighted by Crippen LogP contribution is 2.44. The predicted octanol–water partition coefficient (Wildman–Crippen LogP) is 7.15. The normalized spacial score (nSPS) is 12.6. The Bertz CT molecular complexity index is 430. The molecule has 0 radical (unpaired) electrons.